The summed E-state index contributed by atoms with van der Waals surface area (Å²) in [4.78, 5) is 4.61. The van der Waals surface area contributed by atoms with E-state index in [0.29, 0.717) is 11.4 Å². The van der Waals surface area contributed by atoms with Gasteiger partial charge in [-0.05, 0) is 42.8 Å². The molecule has 2 aromatic carbocycles. The highest BCUT2D eigenvalue weighted by Gasteiger charge is 2.13. The molecule has 0 spiro atoms. The number of hydrogen-bond donors (Lipinski definition) is 2. The number of rotatable bonds is 3. The number of imidazole rings is 1. The Bertz CT molecular complexity index is 787. The molecule has 0 fully saturated rings. The van der Waals surface area contributed by atoms with Crippen LogP contribution in [0.25, 0.3) is 22.4 Å². The molecule has 4 N–H and O–H groups in total. The molecule has 0 saturated carbocycles. The lowest BCUT2D eigenvalue weighted by molar-refractivity contribution is 0.627. The highest BCUT2D eigenvalue weighted by atomic mass is 19.1. The van der Waals surface area contributed by atoms with Gasteiger partial charge in [0.25, 0.3) is 0 Å². The highest BCUT2D eigenvalue weighted by molar-refractivity contribution is 5.82. The van der Waals surface area contributed by atoms with Crippen molar-refractivity contribution in [1.82, 2.24) is 9.55 Å². The molecule has 5 heteroatoms. The van der Waals surface area contributed by atoms with Gasteiger partial charge < -0.3 is 16.0 Å². The lowest BCUT2D eigenvalue weighted by atomic mass is 10.1. The molecule has 0 saturated heterocycles. The molecular formula is C16H17FN4. The van der Waals surface area contributed by atoms with Gasteiger partial charge in [0.2, 0.25) is 0 Å². The monoisotopic (exact) mass is 284 g/mol. The lowest BCUT2D eigenvalue weighted by Gasteiger charge is -2.09. The number of aryl methyl sites for hydroxylation is 1. The predicted octanol–water partition coefficient (Wildman–Crippen LogP) is 3.42. The zero-order valence-corrected chi connectivity index (χ0v) is 11.8. The maximum Gasteiger partial charge on any atom is 0.141 e. The minimum Gasteiger partial charge on any atom is -0.399 e. The quantitative estimate of drug-likeness (QED) is 0.724. The fourth-order valence-corrected chi connectivity index (χ4v) is 2.57. The summed E-state index contributed by atoms with van der Waals surface area (Å²) in [7, 11) is 0. The van der Waals surface area contributed by atoms with Gasteiger partial charge in [-0.3, -0.25) is 0 Å². The van der Waals surface area contributed by atoms with Gasteiger partial charge in [-0.25, -0.2) is 9.37 Å². The summed E-state index contributed by atoms with van der Waals surface area (Å²) in [6.07, 6.45) is 0.923. The van der Waals surface area contributed by atoms with Crippen molar-refractivity contribution in [3.8, 4) is 11.4 Å². The summed E-state index contributed by atoms with van der Waals surface area (Å²) in [5, 5.41) is 0. The molecule has 1 aromatic heterocycles. The Morgan fingerprint density at radius 2 is 1.81 bits per heavy atom. The maximum absolute atomic E-state index is 13.5. The van der Waals surface area contributed by atoms with Crippen LogP contribution in [0.3, 0.4) is 0 Å². The Labute approximate surface area is 122 Å². The molecule has 0 radical (unpaired) electrons. The van der Waals surface area contributed by atoms with Crippen molar-refractivity contribution in [3.05, 3.63) is 42.2 Å². The minimum absolute atomic E-state index is 0.265. The zero-order valence-electron chi connectivity index (χ0n) is 11.8. The first kappa shape index (κ1) is 13.4. The number of hydrogen-bond acceptors (Lipinski definition) is 3. The van der Waals surface area contributed by atoms with Crippen LogP contribution in [0.2, 0.25) is 0 Å². The van der Waals surface area contributed by atoms with Gasteiger partial charge in [0.05, 0.1) is 11.0 Å². The Hall–Kier alpha value is -2.56. The van der Waals surface area contributed by atoms with Gasteiger partial charge in [0.1, 0.15) is 11.6 Å². The van der Waals surface area contributed by atoms with E-state index in [1.165, 1.54) is 12.1 Å². The van der Waals surface area contributed by atoms with Crippen LogP contribution in [-0.2, 0) is 6.54 Å². The zero-order chi connectivity index (χ0) is 15.0. The number of aromatic nitrogens is 2. The highest BCUT2D eigenvalue weighted by Crippen LogP contribution is 2.28. The third-order valence-electron chi connectivity index (χ3n) is 3.39. The van der Waals surface area contributed by atoms with Crippen LogP contribution < -0.4 is 11.5 Å². The number of fused-ring (bicyclic) bond motifs is 1. The van der Waals surface area contributed by atoms with Gasteiger partial charge in [0.15, 0.2) is 0 Å². The van der Waals surface area contributed by atoms with Crippen LogP contribution in [0.5, 0.6) is 0 Å². The van der Waals surface area contributed by atoms with E-state index in [4.69, 9.17) is 11.5 Å². The number of benzene rings is 2. The van der Waals surface area contributed by atoms with Crippen molar-refractivity contribution in [3.63, 3.8) is 0 Å². The molecule has 1 heterocycles. The fraction of sp³-hybridized carbons (Fsp3) is 0.188. The summed E-state index contributed by atoms with van der Waals surface area (Å²) in [6.45, 7) is 2.83. The largest absolute Gasteiger partial charge is 0.399 e. The molecule has 0 aliphatic carbocycles. The van der Waals surface area contributed by atoms with Gasteiger partial charge in [-0.2, -0.15) is 0 Å². The second kappa shape index (κ2) is 5.09. The number of anilines is 2. The molecule has 0 amide bonds. The van der Waals surface area contributed by atoms with Crippen molar-refractivity contribution >= 4 is 22.4 Å². The molecule has 0 aliphatic rings. The predicted molar refractivity (Wildman–Crippen MR) is 84.2 cm³/mol. The van der Waals surface area contributed by atoms with Crippen LogP contribution in [0.4, 0.5) is 15.8 Å². The van der Waals surface area contributed by atoms with Crippen molar-refractivity contribution in [2.45, 2.75) is 19.9 Å². The minimum atomic E-state index is -0.265. The number of nitrogen functional groups attached to an aromatic ring is 2. The Morgan fingerprint density at radius 1 is 1.10 bits per heavy atom. The van der Waals surface area contributed by atoms with Crippen LogP contribution in [0.15, 0.2) is 36.4 Å². The van der Waals surface area contributed by atoms with E-state index in [1.807, 2.05) is 16.7 Å². The Balaban J connectivity index is 2.27. The first-order chi connectivity index (χ1) is 10.1. The molecule has 4 nitrogen and oxygen atoms in total. The summed E-state index contributed by atoms with van der Waals surface area (Å²) < 4.78 is 15.5. The third kappa shape index (κ3) is 2.42. The third-order valence-corrected chi connectivity index (χ3v) is 3.39. The molecule has 0 bridgehead atoms. The van der Waals surface area contributed by atoms with E-state index in [9.17, 15) is 4.39 Å². The molecule has 3 rings (SSSR count). The van der Waals surface area contributed by atoms with Gasteiger partial charge >= 0.3 is 0 Å². The van der Waals surface area contributed by atoms with Crippen LogP contribution in [-0.4, -0.2) is 9.55 Å². The van der Waals surface area contributed by atoms with E-state index in [-0.39, 0.29) is 5.82 Å². The standard InChI is InChI=1S/C16H17FN4/c1-2-5-21-15-8-11(17)3-4-14(15)20-16(21)10-6-12(18)9-13(19)7-10/h3-4,6-9H,2,5,18-19H2,1H3. The molecule has 21 heavy (non-hydrogen) atoms. The van der Waals surface area contributed by atoms with E-state index in [2.05, 4.69) is 11.9 Å². The normalized spacial score (nSPS) is 11.1. The number of halogens is 1. The first-order valence-corrected chi connectivity index (χ1v) is 6.90. The average molecular weight is 284 g/mol. The number of nitrogens with two attached hydrogens (primary N) is 2. The first-order valence-electron chi connectivity index (χ1n) is 6.90. The molecule has 0 unspecified atom stereocenters. The molecule has 0 aliphatic heterocycles. The van der Waals surface area contributed by atoms with Gasteiger partial charge in [0, 0.05) is 23.5 Å². The second-order valence-electron chi connectivity index (χ2n) is 5.11. The van der Waals surface area contributed by atoms with Crippen LogP contribution in [0, 0.1) is 5.82 Å². The second-order valence-corrected chi connectivity index (χ2v) is 5.11. The van der Waals surface area contributed by atoms with E-state index in [0.717, 1.165) is 35.4 Å². The van der Waals surface area contributed by atoms with Crippen molar-refractivity contribution in [2.24, 2.45) is 0 Å². The number of nitrogens with zero attached hydrogens (tertiary/aromatic N) is 2. The van der Waals surface area contributed by atoms with E-state index in [1.54, 1.807) is 12.1 Å². The van der Waals surface area contributed by atoms with Crippen molar-refractivity contribution in [1.29, 1.82) is 0 Å². The summed E-state index contributed by atoms with van der Waals surface area (Å²) in [5.74, 6) is 0.495. The molecule has 3 aromatic rings. The summed E-state index contributed by atoms with van der Waals surface area (Å²) in [5.41, 5.74) is 15.3. The maximum atomic E-state index is 13.5. The Kier molecular flexibility index (Phi) is 3.25. The van der Waals surface area contributed by atoms with E-state index >= 15 is 0 Å². The van der Waals surface area contributed by atoms with Crippen molar-refractivity contribution < 1.29 is 4.39 Å². The SMILES string of the molecule is CCCn1c(-c2cc(N)cc(N)c2)nc2ccc(F)cc21. The fourth-order valence-electron chi connectivity index (χ4n) is 2.57. The average Bonchev–Trinajstić information content (AvgIpc) is 2.77. The summed E-state index contributed by atoms with van der Waals surface area (Å²) in [6, 6.07) is 9.99. The topological polar surface area (TPSA) is 69.9 Å². The molecular weight excluding hydrogens is 267 g/mol. The lowest BCUT2D eigenvalue weighted by Crippen LogP contribution is -2.01. The van der Waals surface area contributed by atoms with Crippen LogP contribution >= 0.6 is 0 Å². The molecule has 0 atom stereocenters. The summed E-state index contributed by atoms with van der Waals surface area (Å²) >= 11 is 0. The van der Waals surface area contributed by atoms with Gasteiger partial charge in [-0.15, -0.1) is 0 Å². The van der Waals surface area contributed by atoms with Crippen molar-refractivity contribution in [2.75, 3.05) is 11.5 Å². The van der Waals surface area contributed by atoms with Crippen LogP contribution in [0.1, 0.15) is 13.3 Å². The smallest absolute Gasteiger partial charge is 0.141 e. The van der Waals surface area contributed by atoms with Gasteiger partial charge in [-0.1, -0.05) is 6.92 Å². The molecule has 108 valence electrons. The van der Waals surface area contributed by atoms with E-state index < -0.39 is 0 Å². The Morgan fingerprint density at radius 3 is 2.48 bits per heavy atom.